The number of carbonyl (C=O) groups excluding carboxylic acids is 1. The van der Waals surface area contributed by atoms with Crippen molar-refractivity contribution >= 4 is 21.8 Å². The van der Waals surface area contributed by atoms with Gasteiger partial charge in [-0.3, -0.25) is 4.79 Å². The molecule has 0 aliphatic carbocycles. The minimum Gasteiger partial charge on any atom is -0.481 e. The van der Waals surface area contributed by atoms with Gasteiger partial charge in [-0.2, -0.15) is 0 Å². The van der Waals surface area contributed by atoms with E-state index < -0.39 is 0 Å². The van der Waals surface area contributed by atoms with Crippen LogP contribution in [0.3, 0.4) is 0 Å². The van der Waals surface area contributed by atoms with Crippen LogP contribution in [0.25, 0.3) is 0 Å². The zero-order valence-electron chi connectivity index (χ0n) is 10.4. The Hall–Kier alpha value is -1.88. The summed E-state index contributed by atoms with van der Waals surface area (Å²) in [4.78, 5) is 16.1. The molecule has 1 N–H and O–H groups in total. The van der Waals surface area contributed by atoms with E-state index in [1.54, 1.807) is 25.4 Å². The summed E-state index contributed by atoms with van der Waals surface area (Å²) in [7, 11) is 1.57. The number of rotatable bonds is 4. The molecule has 0 atom stereocenters. The maximum absolute atomic E-state index is 12.0. The lowest BCUT2D eigenvalue weighted by Gasteiger charge is -2.07. The van der Waals surface area contributed by atoms with Crippen molar-refractivity contribution in [1.29, 1.82) is 0 Å². The molecule has 0 saturated heterocycles. The summed E-state index contributed by atoms with van der Waals surface area (Å²) in [5, 5.41) is 2.84. The number of nitrogens with one attached hydrogen (secondary N) is 1. The SMILES string of the molecule is COc1ccc(CNC(=O)c2ccccc2Br)cn1. The Morgan fingerprint density at radius 3 is 2.74 bits per heavy atom. The molecule has 0 aliphatic rings. The Morgan fingerprint density at radius 2 is 2.11 bits per heavy atom. The lowest BCUT2D eigenvalue weighted by Crippen LogP contribution is -2.23. The zero-order chi connectivity index (χ0) is 13.7. The number of aromatic nitrogens is 1. The van der Waals surface area contributed by atoms with E-state index in [0.717, 1.165) is 10.0 Å². The first kappa shape index (κ1) is 13.5. The zero-order valence-corrected chi connectivity index (χ0v) is 12.0. The van der Waals surface area contributed by atoms with Gasteiger partial charge < -0.3 is 10.1 Å². The quantitative estimate of drug-likeness (QED) is 0.942. The van der Waals surface area contributed by atoms with Crippen molar-refractivity contribution in [3.8, 4) is 5.88 Å². The van der Waals surface area contributed by atoms with Crippen molar-refractivity contribution in [3.05, 3.63) is 58.2 Å². The summed E-state index contributed by atoms with van der Waals surface area (Å²) < 4.78 is 5.75. The topological polar surface area (TPSA) is 51.2 Å². The highest BCUT2D eigenvalue weighted by Gasteiger charge is 2.08. The van der Waals surface area contributed by atoms with Gasteiger partial charge in [0, 0.05) is 23.3 Å². The third kappa shape index (κ3) is 3.54. The summed E-state index contributed by atoms with van der Waals surface area (Å²) in [6.07, 6.45) is 1.68. The minimum absolute atomic E-state index is 0.122. The molecule has 2 rings (SSSR count). The molecule has 98 valence electrons. The van der Waals surface area contributed by atoms with Gasteiger partial charge in [0.15, 0.2) is 0 Å². The molecule has 2 aromatic rings. The first-order valence-corrected chi connectivity index (χ1v) is 6.51. The summed E-state index contributed by atoms with van der Waals surface area (Å²) >= 11 is 3.35. The minimum atomic E-state index is -0.122. The Bertz CT molecular complexity index is 570. The number of pyridine rings is 1. The van der Waals surface area contributed by atoms with E-state index in [9.17, 15) is 4.79 Å². The Labute approximate surface area is 119 Å². The van der Waals surface area contributed by atoms with Gasteiger partial charge in [0.25, 0.3) is 5.91 Å². The van der Waals surface area contributed by atoms with E-state index in [1.165, 1.54) is 0 Å². The van der Waals surface area contributed by atoms with Gasteiger partial charge in [0.2, 0.25) is 5.88 Å². The highest BCUT2D eigenvalue weighted by Crippen LogP contribution is 2.15. The van der Waals surface area contributed by atoms with Crippen LogP contribution in [0.5, 0.6) is 5.88 Å². The lowest BCUT2D eigenvalue weighted by atomic mass is 10.2. The Balaban J connectivity index is 1.98. The molecule has 1 aromatic heterocycles. The first-order chi connectivity index (χ1) is 9.20. The largest absolute Gasteiger partial charge is 0.481 e. The van der Waals surface area contributed by atoms with Crippen LogP contribution in [0, 0.1) is 0 Å². The summed E-state index contributed by atoms with van der Waals surface area (Å²) in [5.41, 5.74) is 1.53. The highest BCUT2D eigenvalue weighted by atomic mass is 79.9. The van der Waals surface area contributed by atoms with Crippen LogP contribution in [-0.2, 0) is 6.54 Å². The predicted molar refractivity (Wildman–Crippen MR) is 76.1 cm³/mol. The molecule has 0 spiro atoms. The number of methoxy groups -OCH3 is 1. The summed E-state index contributed by atoms with van der Waals surface area (Å²) in [6.45, 7) is 0.428. The third-order valence-corrected chi connectivity index (χ3v) is 3.27. The number of nitrogens with zero attached hydrogens (tertiary/aromatic N) is 1. The fraction of sp³-hybridized carbons (Fsp3) is 0.143. The normalized spacial score (nSPS) is 10.0. The van der Waals surface area contributed by atoms with Crippen molar-refractivity contribution in [1.82, 2.24) is 10.3 Å². The average Bonchev–Trinajstić information content (AvgIpc) is 2.46. The number of hydrogen-bond acceptors (Lipinski definition) is 3. The number of amides is 1. The first-order valence-electron chi connectivity index (χ1n) is 5.72. The fourth-order valence-electron chi connectivity index (χ4n) is 1.56. The van der Waals surface area contributed by atoms with Crippen LogP contribution in [0.1, 0.15) is 15.9 Å². The molecule has 0 saturated carbocycles. The van der Waals surface area contributed by atoms with Crippen molar-refractivity contribution in [2.45, 2.75) is 6.54 Å². The predicted octanol–water partition coefficient (Wildman–Crippen LogP) is 2.78. The van der Waals surface area contributed by atoms with E-state index >= 15 is 0 Å². The molecule has 0 radical (unpaired) electrons. The van der Waals surface area contributed by atoms with Crippen LogP contribution in [0.15, 0.2) is 47.1 Å². The molecule has 1 aromatic carbocycles. The molecule has 4 nitrogen and oxygen atoms in total. The Morgan fingerprint density at radius 1 is 1.32 bits per heavy atom. The van der Waals surface area contributed by atoms with Gasteiger partial charge in [-0.1, -0.05) is 18.2 Å². The van der Waals surface area contributed by atoms with E-state index in [2.05, 4.69) is 26.2 Å². The van der Waals surface area contributed by atoms with Gasteiger partial charge >= 0.3 is 0 Å². The molecule has 0 unspecified atom stereocenters. The van der Waals surface area contributed by atoms with Crippen LogP contribution in [0.2, 0.25) is 0 Å². The maximum Gasteiger partial charge on any atom is 0.252 e. The molecule has 1 amide bonds. The fourth-order valence-corrected chi connectivity index (χ4v) is 2.02. The van der Waals surface area contributed by atoms with Gasteiger partial charge in [-0.05, 0) is 33.6 Å². The third-order valence-electron chi connectivity index (χ3n) is 2.58. The highest BCUT2D eigenvalue weighted by molar-refractivity contribution is 9.10. The second-order valence-electron chi connectivity index (χ2n) is 3.87. The Kier molecular flexibility index (Phi) is 4.52. The van der Waals surface area contributed by atoms with Crippen LogP contribution in [0.4, 0.5) is 0 Å². The molecular weight excluding hydrogens is 308 g/mol. The standard InChI is InChI=1S/C14H13BrN2O2/c1-19-13-7-6-10(8-16-13)9-17-14(18)11-4-2-3-5-12(11)15/h2-8H,9H2,1H3,(H,17,18). The molecule has 1 heterocycles. The summed E-state index contributed by atoms with van der Waals surface area (Å²) in [5.74, 6) is 0.434. The average molecular weight is 321 g/mol. The second kappa shape index (κ2) is 6.33. The van der Waals surface area contributed by atoms with E-state index in [0.29, 0.717) is 18.0 Å². The molecule has 0 aliphatic heterocycles. The van der Waals surface area contributed by atoms with E-state index in [1.807, 2.05) is 24.3 Å². The number of benzene rings is 1. The van der Waals surface area contributed by atoms with Crippen molar-refractivity contribution in [2.75, 3.05) is 7.11 Å². The summed E-state index contributed by atoms with van der Waals surface area (Å²) in [6, 6.07) is 10.9. The van der Waals surface area contributed by atoms with E-state index in [-0.39, 0.29) is 5.91 Å². The number of hydrogen-bond donors (Lipinski definition) is 1. The second-order valence-corrected chi connectivity index (χ2v) is 4.73. The monoisotopic (exact) mass is 320 g/mol. The number of halogens is 1. The van der Waals surface area contributed by atoms with Gasteiger partial charge in [-0.25, -0.2) is 4.98 Å². The maximum atomic E-state index is 12.0. The van der Waals surface area contributed by atoms with Gasteiger partial charge in [-0.15, -0.1) is 0 Å². The smallest absolute Gasteiger partial charge is 0.252 e. The molecule has 19 heavy (non-hydrogen) atoms. The molecule has 0 fully saturated rings. The number of ether oxygens (including phenoxy) is 1. The molecule has 0 bridgehead atoms. The van der Waals surface area contributed by atoms with E-state index in [4.69, 9.17) is 4.74 Å². The van der Waals surface area contributed by atoms with Gasteiger partial charge in [0.1, 0.15) is 0 Å². The van der Waals surface area contributed by atoms with Crippen LogP contribution >= 0.6 is 15.9 Å². The van der Waals surface area contributed by atoms with Crippen molar-refractivity contribution in [3.63, 3.8) is 0 Å². The van der Waals surface area contributed by atoms with Crippen molar-refractivity contribution in [2.24, 2.45) is 0 Å². The molecule has 5 heteroatoms. The number of carbonyl (C=O) groups is 1. The molecular formula is C14H13BrN2O2. The van der Waals surface area contributed by atoms with Crippen LogP contribution in [-0.4, -0.2) is 18.0 Å². The lowest BCUT2D eigenvalue weighted by molar-refractivity contribution is 0.0950. The van der Waals surface area contributed by atoms with Crippen LogP contribution < -0.4 is 10.1 Å². The van der Waals surface area contributed by atoms with Crippen molar-refractivity contribution < 1.29 is 9.53 Å². The van der Waals surface area contributed by atoms with Gasteiger partial charge in [0.05, 0.1) is 12.7 Å².